The van der Waals surface area contributed by atoms with Gasteiger partial charge in [0.05, 0.1) is 5.56 Å². The van der Waals surface area contributed by atoms with Gasteiger partial charge in [-0.3, -0.25) is 4.79 Å². The SMILES string of the molecule is CCc1c[nH]c(=O)c(C(C)F)c1. The maximum absolute atomic E-state index is 12.8. The molecule has 1 unspecified atom stereocenters. The van der Waals surface area contributed by atoms with Crippen LogP contribution in [0.4, 0.5) is 4.39 Å². The van der Waals surface area contributed by atoms with Crippen LogP contribution in [-0.2, 0) is 6.42 Å². The third kappa shape index (κ3) is 1.72. The Morgan fingerprint density at radius 1 is 1.67 bits per heavy atom. The number of aromatic amines is 1. The molecule has 0 aliphatic carbocycles. The van der Waals surface area contributed by atoms with Crippen molar-refractivity contribution in [3.8, 4) is 0 Å². The maximum atomic E-state index is 12.8. The summed E-state index contributed by atoms with van der Waals surface area (Å²) in [6.07, 6.45) is 1.23. The van der Waals surface area contributed by atoms with Gasteiger partial charge < -0.3 is 4.98 Å². The lowest BCUT2D eigenvalue weighted by atomic mass is 10.1. The number of rotatable bonds is 2. The molecular formula is C9H12FNO. The Labute approximate surface area is 70.4 Å². The number of nitrogens with one attached hydrogen (secondary N) is 1. The summed E-state index contributed by atoms with van der Waals surface area (Å²) in [6, 6.07) is 1.61. The first-order valence-electron chi connectivity index (χ1n) is 4.00. The minimum atomic E-state index is -1.19. The molecular weight excluding hydrogens is 157 g/mol. The molecule has 0 spiro atoms. The van der Waals surface area contributed by atoms with E-state index in [0.717, 1.165) is 12.0 Å². The molecule has 1 heterocycles. The highest BCUT2D eigenvalue weighted by molar-refractivity contribution is 5.19. The summed E-state index contributed by atoms with van der Waals surface area (Å²) in [5, 5.41) is 0. The van der Waals surface area contributed by atoms with E-state index in [1.54, 1.807) is 12.3 Å². The Balaban J connectivity index is 3.17. The normalized spacial score (nSPS) is 12.9. The van der Waals surface area contributed by atoms with Crippen molar-refractivity contribution in [2.75, 3.05) is 0 Å². The van der Waals surface area contributed by atoms with Crippen LogP contribution in [0.25, 0.3) is 0 Å². The number of aryl methyl sites for hydroxylation is 1. The molecule has 0 fully saturated rings. The molecule has 0 aliphatic heterocycles. The number of aromatic nitrogens is 1. The highest BCUT2D eigenvalue weighted by Crippen LogP contribution is 2.12. The zero-order valence-corrected chi connectivity index (χ0v) is 7.23. The van der Waals surface area contributed by atoms with Gasteiger partial charge >= 0.3 is 0 Å². The lowest BCUT2D eigenvalue weighted by Crippen LogP contribution is -2.13. The minimum absolute atomic E-state index is 0.217. The van der Waals surface area contributed by atoms with Crippen LogP contribution in [0.15, 0.2) is 17.1 Å². The number of pyridine rings is 1. The van der Waals surface area contributed by atoms with Crippen LogP contribution in [0, 0.1) is 0 Å². The van der Waals surface area contributed by atoms with E-state index >= 15 is 0 Å². The van der Waals surface area contributed by atoms with Crippen molar-refractivity contribution >= 4 is 0 Å². The standard InChI is InChI=1S/C9H12FNO/c1-3-7-4-8(6(2)10)9(12)11-5-7/h4-6H,3H2,1-2H3,(H,11,12). The predicted octanol–water partition coefficient (Wildman–Crippen LogP) is 1.97. The summed E-state index contributed by atoms with van der Waals surface area (Å²) in [6.45, 7) is 3.32. The Morgan fingerprint density at radius 3 is 2.83 bits per heavy atom. The summed E-state index contributed by atoms with van der Waals surface area (Å²) < 4.78 is 12.8. The third-order valence-electron chi connectivity index (χ3n) is 1.83. The molecule has 1 N–H and O–H groups in total. The Bertz CT molecular complexity index is 317. The van der Waals surface area contributed by atoms with Gasteiger partial charge in [0.1, 0.15) is 6.17 Å². The molecule has 1 atom stereocenters. The number of halogens is 1. The van der Waals surface area contributed by atoms with Crippen molar-refractivity contribution in [3.05, 3.63) is 33.7 Å². The van der Waals surface area contributed by atoms with Crippen molar-refractivity contribution in [2.24, 2.45) is 0 Å². The summed E-state index contributed by atoms with van der Waals surface area (Å²) in [4.78, 5) is 13.5. The molecule has 0 amide bonds. The quantitative estimate of drug-likeness (QED) is 0.721. The zero-order valence-electron chi connectivity index (χ0n) is 7.23. The van der Waals surface area contributed by atoms with E-state index in [0.29, 0.717) is 0 Å². The predicted molar refractivity (Wildman–Crippen MR) is 46.0 cm³/mol. The van der Waals surface area contributed by atoms with Gasteiger partial charge in [-0.1, -0.05) is 6.92 Å². The first kappa shape index (κ1) is 8.97. The lowest BCUT2D eigenvalue weighted by Gasteiger charge is -2.02. The number of H-pyrrole nitrogens is 1. The first-order valence-corrected chi connectivity index (χ1v) is 4.00. The molecule has 1 aromatic heterocycles. The van der Waals surface area contributed by atoms with Crippen LogP contribution >= 0.6 is 0 Å². The fourth-order valence-electron chi connectivity index (χ4n) is 1.05. The van der Waals surface area contributed by atoms with E-state index in [4.69, 9.17) is 0 Å². The molecule has 0 saturated carbocycles. The lowest BCUT2D eigenvalue weighted by molar-refractivity contribution is 0.371. The molecule has 1 aromatic rings. The second kappa shape index (κ2) is 3.52. The largest absolute Gasteiger partial charge is 0.329 e. The molecule has 12 heavy (non-hydrogen) atoms. The van der Waals surface area contributed by atoms with Crippen molar-refractivity contribution in [1.82, 2.24) is 4.98 Å². The van der Waals surface area contributed by atoms with Crippen LogP contribution in [0.5, 0.6) is 0 Å². The number of alkyl halides is 1. The monoisotopic (exact) mass is 169 g/mol. The van der Waals surface area contributed by atoms with Gasteiger partial charge in [-0.25, -0.2) is 4.39 Å². The molecule has 0 radical (unpaired) electrons. The van der Waals surface area contributed by atoms with Gasteiger partial charge in [0.15, 0.2) is 0 Å². The minimum Gasteiger partial charge on any atom is -0.329 e. The van der Waals surface area contributed by atoms with Crippen LogP contribution in [0.3, 0.4) is 0 Å². The van der Waals surface area contributed by atoms with E-state index in [1.807, 2.05) is 6.92 Å². The molecule has 3 heteroatoms. The summed E-state index contributed by atoms with van der Waals surface area (Å²) >= 11 is 0. The smallest absolute Gasteiger partial charge is 0.254 e. The second-order valence-corrected chi connectivity index (χ2v) is 2.76. The maximum Gasteiger partial charge on any atom is 0.254 e. The molecule has 2 nitrogen and oxygen atoms in total. The molecule has 1 rings (SSSR count). The van der Waals surface area contributed by atoms with Gasteiger partial charge in [-0.2, -0.15) is 0 Å². The second-order valence-electron chi connectivity index (χ2n) is 2.76. The van der Waals surface area contributed by atoms with Gasteiger partial charge in [0, 0.05) is 6.20 Å². The fourth-order valence-corrected chi connectivity index (χ4v) is 1.05. The molecule has 0 saturated heterocycles. The first-order chi connectivity index (χ1) is 5.65. The van der Waals surface area contributed by atoms with Gasteiger partial charge in [-0.05, 0) is 25.0 Å². The summed E-state index contributed by atoms with van der Waals surface area (Å²) in [5.41, 5.74) is 0.839. The highest BCUT2D eigenvalue weighted by Gasteiger charge is 2.07. The zero-order chi connectivity index (χ0) is 9.14. The topological polar surface area (TPSA) is 32.9 Å². The highest BCUT2D eigenvalue weighted by atomic mass is 19.1. The van der Waals surface area contributed by atoms with Crippen molar-refractivity contribution < 1.29 is 4.39 Å². The molecule has 0 aliphatic rings. The molecule has 0 bridgehead atoms. The van der Waals surface area contributed by atoms with Crippen LogP contribution in [0.2, 0.25) is 0 Å². The average Bonchev–Trinajstić information content (AvgIpc) is 2.05. The van der Waals surface area contributed by atoms with Crippen molar-refractivity contribution in [2.45, 2.75) is 26.4 Å². The third-order valence-corrected chi connectivity index (χ3v) is 1.83. The molecule has 0 aromatic carbocycles. The van der Waals surface area contributed by atoms with Crippen molar-refractivity contribution in [3.63, 3.8) is 0 Å². The van der Waals surface area contributed by atoms with Gasteiger partial charge in [0.25, 0.3) is 5.56 Å². The van der Waals surface area contributed by atoms with Crippen LogP contribution in [0.1, 0.15) is 31.1 Å². The summed E-state index contributed by atoms with van der Waals surface area (Å²) in [7, 11) is 0. The van der Waals surface area contributed by atoms with E-state index in [1.165, 1.54) is 6.92 Å². The average molecular weight is 169 g/mol. The van der Waals surface area contributed by atoms with Gasteiger partial charge in [-0.15, -0.1) is 0 Å². The Kier molecular flexibility index (Phi) is 2.63. The number of hydrogen-bond acceptors (Lipinski definition) is 1. The molecule has 66 valence electrons. The number of hydrogen-bond donors (Lipinski definition) is 1. The van der Waals surface area contributed by atoms with Crippen LogP contribution in [-0.4, -0.2) is 4.98 Å². The van der Waals surface area contributed by atoms with E-state index in [2.05, 4.69) is 4.98 Å². The van der Waals surface area contributed by atoms with Gasteiger partial charge in [0.2, 0.25) is 0 Å². The van der Waals surface area contributed by atoms with E-state index in [-0.39, 0.29) is 11.1 Å². The fraction of sp³-hybridized carbons (Fsp3) is 0.444. The summed E-state index contributed by atoms with van der Waals surface area (Å²) in [5.74, 6) is 0. The van der Waals surface area contributed by atoms with Crippen LogP contribution < -0.4 is 5.56 Å². The Morgan fingerprint density at radius 2 is 2.33 bits per heavy atom. The van der Waals surface area contributed by atoms with E-state index < -0.39 is 6.17 Å². The Hall–Kier alpha value is -1.12. The van der Waals surface area contributed by atoms with E-state index in [9.17, 15) is 9.18 Å². The van der Waals surface area contributed by atoms with Crippen molar-refractivity contribution in [1.29, 1.82) is 0 Å².